The van der Waals surface area contributed by atoms with Gasteiger partial charge in [0.05, 0.1) is 25.8 Å². The molecule has 3 aromatic rings. The number of aliphatic carboxylic acids is 1. The zero-order valence-electron chi connectivity index (χ0n) is 19.7. The van der Waals surface area contributed by atoms with E-state index < -0.39 is 24.5 Å². The van der Waals surface area contributed by atoms with Crippen molar-refractivity contribution in [3.63, 3.8) is 0 Å². The third-order valence-electron chi connectivity index (χ3n) is 5.95. The number of nitrogens with zero attached hydrogens (tertiary/aromatic N) is 1. The highest BCUT2D eigenvalue weighted by Gasteiger charge is 2.34. The number of aryl methyl sites for hydroxylation is 2. The molecule has 1 unspecified atom stereocenters. The Hall–Kier alpha value is -3.48. The standard InChI is InChI=1S/C28H32N2O4/c1-20-13-14-24(21(2)15-20)18-34-19-25(30(17-27(32)33)26(31)16-29)28(22-9-5-3-6-10-22)23-11-7-4-8-12-23/h3-15,25,28H,16-19,29H2,1-2H3,(H,32,33). The number of carbonyl (C=O) groups is 2. The van der Waals surface area contributed by atoms with Crippen LogP contribution in [0.3, 0.4) is 0 Å². The number of benzene rings is 3. The number of amides is 1. The summed E-state index contributed by atoms with van der Waals surface area (Å²) in [4.78, 5) is 25.9. The predicted octanol–water partition coefficient (Wildman–Crippen LogP) is 3.89. The summed E-state index contributed by atoms with van der Waals surface area (Å²) >= 11 is 0. The Morgan fingerprint density at radius 3 is 2.03 bits per heavy atom. The number of nitrogens with two attached hydrogens (primary N) is 1. The summed E-state index contributed by atoms with van der Waals surface area (Å²) in [6, 6.07) is 25.1. The van der Waals surface area contributed by atoms with Gasteiger partial charge in [0, 0.05) is 5.92 Å². The highest BCUT2D eigenvalue weighted by molar-refractivity contribution is 5.83. The molecular formula is C28H32N2O4. The Morgan fingerprint density at radius 2 is 1.53 bits per heavy atom. The monoisotopic (exact) mass is 460 g/mol. The Morgan fingerprint density at radius 1 is 0.941 bits per heavy atom. The van der Waals surface area contributed by atoms with Crippen LogP contribution in [0.1, 0.15) is 33.7 Å². The van der Waals surface area contributed by atoms with E-state index in [1.54, 1.807) is 0 Å². The van der Waals surface area contributed by atoms with E-state index in [9.17, 15) is 14.7 Å². The Labute approximate surface area is 201 Å². The second-order valence-corrected chi connectivity index (χ2v) is 8.43. The van der Waals surface area contributed by atoms with Crippen LogP contribution in [0, 0.1) is 13.8 Å². The molecule has 0 heterocycles. The van der Waals surface area contributed by atoms with E-state index in [2.05, 4.69) is 6.07 Å². The maximum atomic E-state index is 12.9. The average Bonchev–Trinajstić information content (AvgIpc) is 2.84. The molecule has 0 saturated heterocycles. The number of hydrogen-bond donors (Lipinski definition) is 2. The molecule has 1 amide bonds. The van der Waals surface area contributed by atoms with E-state index in [1.807, 2.05) is 86.6 Å². The summed E-state index contributed by atoms with van der Waals surface area (Å²) in [5.41, 5.74) is 11.0. The van der Waals surface area contributed by atoms with Crippen molar-refractivity contribution in [2.24, 2.45) is 5.73 Å². The zero-order chi connectivity index (χ0) is 24.5. The zero-order valence-corrected chi connectivity index (χ0v) is 19.7. The van der Waals surface area contributed by atoms with Crippen LogP contribution in [-0.2, 0) is 20.9 Å². The maximum absolute atomic E-state index is 12.9. The molecule has 0 fully saturated rings. The topological polar surface area (TPSA) is 92.9 Å². The maximum Gasteiger partial charge on any atom is 0.323 e. The minimum Gasteiger partial charge on any atom is -0.480 e. The summed E-state index contributed by atoms with van der Waals surface area (Å²) in [7, 11) is 0. The van der Waals surface area contributed by atoms with Gasteiger partial charge >= 0.3 is 5.97 Å². The SMILES string of the molecule is Cc1ccc(COCC(C(c2ccccc2)c2ccccc2)N(CC(=O)O)C(=O)CN)c(C)c1. The molecule has 6 nitrogen and oxygen atoms in total. The van der Waals surface area contributed by atoms with Gasteiger partial charge in [0.1, 0.15) is 6.54 Å². The third-order valence-corrected chi connectivity index (χ3v) is 5.95. The third kappa shape index (κ3) is 6.53. The molecule has 34 heavy (non-hydrogen) atoms. The Balaban J connectivity index is 2.00. The quantitative estimate of drug-likeness (QED) is 0.453. The molecule has 0 aliphatic carbocycles. The van der Waals surface area contributed by atoms with E-state index in [1.165, 1.54) is 10.5 Å². The first-order valence-electron chi connectivity index (χ1n) is 11.4. The lowest BCUT2D eigenvalue weighted by molar-refractivity contribution is -0.147. The summed E-state index contributed by atoms with van der Waals surface area (Å²) < 4.78 is 6.16. The van der Waals surface area contributed by atoms with E-state index in [4.69, 9.17) is 10.5 Å². The second kappa shape index (κ2) is 12.1. The summed E-state index contributed by atoms with van der Waals surface area (Å²) in [5, 5.41) is 9.59. The summed E-state index contributed by atoms with van der Waals surface area (Å²) in [6.07, 6.45) is 0. The molecule has 6 heteroatoms. The van der Waals surface area contributed by atoms with E-state index in [0.29, 0.717) is 6.61 Å². The van der Waals surface area contributed by atoms with Crippen LogP contribution in [-0.4, -0.2) is 47.6 Å². The van der Waals surface area contributed by atoms with Crippen LogP contribution in [0.2, 0.25) is 0 Å². The highest BCUT2D eigenvalue weighted by Crippen LogP contribution is 2.32. The first-order valence-corrected chi connectivity index (χ1v) is 11.4. The van der Waals surface area contributed by atoms with Gasteiger partial charge in [0.15, 0.2) is 0 Å². The van der Waals surface area contributed by atoms with Crippen molar-refractivity contribution < 1.29 is 19.4 Å². The fourth-order valence-corrected chi connectivity index (χ4v) is 4.27. The molecular weight excluding hydrogens is 428 g/mol. The van der Waals surface area contributed by atoms with Gasteiger partial charge in [-0.25, -0.2) is 0 Å². The number of carboxylic acids is 1. The lowest BCUT2D eigenvalue weighted by Gasteiger charge is -2.37. The minimum absolute atomic E-state index is 0.154. The normalized spacial score (nSPS) is 11.9. The first-order chi connectivity index (χ1) is 16.4. The van der Waals surface area contributed by atoms with Gasteiger partial charge in [-0.2, -0.15) is 0 Å². The number of ether oxygens (including phenoxy) is 1. The molecule has 3 aromatic carbocycles. The highest BCUT2D eigenvalue weighted by atomic mass is 16.5. The van der Waals surface area contributed by atoms with Crippen molar-refractivity contribution in [1.82, 2.24) is 4.90 Å². The molecule has 0 aliphatic heterocycles. The van der Waals surface area contributed by atoms with Crippen LogP contribution in [0.15, 0.2) is 78.9 Å². The molecule has 0 saturated carbocycles. The van der Waals surface area contributed by atoms with Gasteiger partial charge in [-0.3, -0.25) is 9.59 Å². The van der Waals surface area contributed by atoms with Crippen LogP contribution >= 0.6 is 0 Å². The molecule has 3 N–H and O–H groups in total. The van der Waals surface area contributed by atoms with Gasteiger partial charge in [-0.1, -0.05) is 84.4 Å². The fraction of sp³-hybridized carbons (Fsp3) is 0.286. The van der Waals surface area contributed by atoms with Crippen LogP contribution in [0.5, 0.6) is 0 Å². The minimum atomic E-state index is -1.10. The van der Waals surface area contributed by atoms with Gasteiger partial charge in [-0.15, -0.1) is 0 Å². The van der Waals surface area contributed by atoms with Crippen molar-refractivity contribution in [1.29, 1.82) is 0 Å². The number of rotatable bonds is 11. The van der Waals surface area contributed by atoms with Crippen LogP contribution in [0.4, 0.5) is 0 Å². The molecule has 0 radical (unpaired) electrons. The van der Waals surface area contributed by atoms with Crippen molar-refractivity contribution in [2.75, 3.05) is 19.7 Å². The van der Waals surface area contributed by atoms with Gasteiger partial charge in [0.2, 0.25) is 5.91 Å². The molecule has 0 bridgehead atoms. The van der Waals surface area contributed by atoms with E-state index >= 15 is 0 Å². The van der Waals surface area contributed by atoms with E-state index in [-0.39, 0.29) is 19.1 Å². The lowest BCUT2D eigenvalue weighted by atomic mass is 9.84. The summed E-state index contributed by atoms with van der Waals surface area (Å²) in [6.45, 7) is 3.85. The van der Waals surface area contributed by atoms with Crippen LogP contribution in [0.25, 0.3) is 0 Å². The molecule has 178 valence electrons. The average molecular weight is 461 g/mol. The number of carbonyl (C=O) groups excluding carboxylic acids is 1. The smallest absolute Gasteiger partial charge is 0.323 e. The van der Waals surface area contributed by atoms with Crippen molar-refractivity contribution in [2.45, 2.75) is 32.4 Å². The van der Waals surface area contributed by atoms with Crippen molar-refractivity contribution in [3.8, 4) is 0 Å². The van der Waals surface area contributed by atoms with Gasteiger partial charge in [-0.05, 0) is 36.1 Å². The largest absolute Gasteiger partial charge is 0.480 e. The molecule has 1 atom stereocenters. The lowest BCUT2D eigenvalue weighted by Crippen LogP contribution is -2.51. The first kappa shape index (κ1) is 25.1. The number of carboxylic acid groups (broad SMARTS) is 1. The Bertz CT molecular complexity index is 1050. The fourth-order valence-electron chi connectivity index (χ4n) is 4.27. The molecule has 0 aromatic heterocycles. The molecule has 0 aliphatic rings. The Kier molecular flexibility index (Phi) is 8.96. The van der Waals surface area contributed by atoms with Gasteiger partial charge < -0.3 is 20.5 Å². The van der Waals surface area contributed by atoms with Crippen molar-refractivity contribution in [3.05, 3.63) is 107 Å². The van der Waals surface area contributed by atoms with E-state index in [0.717, 1.165) is 22.3 Å². The second-order valence-electron chi connectivity index (χ2n) is 8.43. The number of hydrogen-bond acceptors (Lipinski definition) is 4. The summed E-state index contributed by atoms with van der Waals surface area (Å²) in [5.74, 6) is -1.82. The molecule has 0 spiro atoms. The van der Waals surface area contributed by atoms with Gasteiger partial charge in [0.25, 0.3) is 0 Å². The van der Waals surface area contributed by atoms with Crippen LogP contribution < -0.4 is 5.73 Å². The molecule has 3 rings (SSSR count). The van der Waals surface area contributed by atoms with Crippen molar-refractivity contribution >= 4 is 11.9 Å². The predicted molar refractivity (Wildman–Crippen MR) is 132 cm³/mol.